The van der Waals surface area contributed by atoms with E-state index in [9.17, 15) is 9.59 Å². The van der Waals surface area contributed by atoms with Gasteiger partial charge in [0.15, 0.2) is 0 Å². The van der Waals surface area contributed by atoms with Crippen molar-refractivity contribution in [3.8, 4) is 0 Å². The molecule has 1 aromatic rings. The van der Waals surface area contributed by atoms with Crippen LogP contribution in [0.5, 0.6) is 0 Å². The lowest BCUT2D eigenvalue weighted by Crippen LogP contribution is -2.51. The number of rotatable bonds is 3. The number of benzene rings is 1. The van der Waals surface area contributed by atoms with Gasteiger partial charge in [-0.25, -0.2) is 4.79 Å². The highest BCUT2D eigenvalue weighted by atomic mass is 16.4. The van der Waals surface area contributed by atoms with E-state index in [1.165, 1.54) is 5.69 Å². The highest BCUT2D eigenvalue weighted by Gasteiger charge is 2.28. The van der Waals surface area contributed by atoms with Gasteiger partial charge in [-0.1, -0.05) is 18.2 Å². The number of hydrogen-bond donors (Lipinski definition) is 2. The van der Waals surface area contributed by atoms with E-state index in [1.54, 1.807) is 4.90 Å². The number of amides is 2. The van der Waals surface area contributed by atoms with E-state index in [-0.39, 0.29) is 18.0 Å². The highest BCUT2D eigenvalue weighted by Crippen LogP contribution is 2.21. The zero-order valence-corrected chi connectivity index (χ0v) is 13.9. The number of likely N-dealkylation sites (tertiary alicyclic amines) is 1. The number of urea groups is 1. The Labute approximate surface area is 142 Å². The fourth-order valence-corrected chi connectivity index (χ4v) is 3.52. The molecule has 2 aliphatic heterocycles. The first-order valence-electron chi connectivity index (χ1n) is 8.72. The first kappa shape index (κ1) is 16.6. The molecule has 2 aliphatic rings. The number of carboxylic acid groups (broad SMARTS) is 1. The van der Waals surface area contributed by atoms with E-state index in [4.69, 9.17) is 5.11 Å². The number of hydrogen-bond acceptors (Lipinski definition) is 3. The smallest absolute Gasteiger partial charge is 0.317 e. The van der Waals surface area contributed by atoms with Crippen LogP contribution in [0.2, 0.25) is 0 Å². The molecule has 0 radical (unpaired) electrons. The number of nitrogens with zero attached hydrogens (tertiary/aromatic N) is 2. The fourth-order valence-electron chi connectivity index (χ4n) is 3.52. The average molecular weight is 331 g/mol. The monoisotopic (exact) mass is 331 g/mol. The number of carboxylic acids is 1. The summed E-state index contributed by atoms with van der Waals surface area (Å²) in [5.41, 5.74) is 1.23. The van der Waals surface area contributed by atoms with E-state index in [2.05, 4.69) is 22.3 Å². The van der Waals surface area contributed by atoms with Gasteiger partial charge in [-0.2, -0.15) is 0 Å². The molecule has 24 heavy (non-hydrogen) atoms. The van der Waals surface area contributed by atoms with Crippen molar-refractivity contribution in [1.29, 1.82) is 0 Å². The van der Waals surface area contributed by atoms with Gasteiger partial charge in [0.2, 0.25) is 0 Å². The molecule has 130 valence electrons. The Morgan fingerprint density at radius 2 is 1.58 bits per heavy atom. The summed E-state index contributed by atoms with van der Waals surface area (Å²) in [5, 5.41) is 12.1. The minimum atomic E-state index is -0.747. The number of para-hydroxylation sites is 1. The number of aliphatic carboxylic acids is 1. The van der Waals surface area contributed by atoms with Crippen molar-refractivity contribution in [2.45, 2.75) is 31.7 Å². The van der Waals surface area contributed by atoms with E-state index < -0.39 is 5.97 Å². The number of piperidine rings is 2. The summed E-state index contributed by atoms with van der Waals surface area (Å²) in [5.74, 6) is -1.05. The van der Waals surface area contributed by atoms with Gasteiger partial charge in [0, 0.05) is 37.9 Å². The van der Waals surface area contributed by atoms with Crippen LogP contribution in [0.25, 0.3) is 0 Å². The molecule has 6 nitrogen and oxygen atoms in total. The van der Waals surface area contributed by atoms with Gasteiger partial charge >= 0.3 is 12.0 Å². The lowest BCUT2D eigenvalue weighted by molar-refractivity contribution is -0.143. The Balaban J connectivity index is 1.43. The number of anilines is 1. The van der Waals surface area contributed by atoms with Crippen molar-refractivity contribution in [3.63, 3.8) is 0 Å². The maximum atomic E-state index is 12.3. The fraction of sp³-hybridized carbons (Fsp3) is 0.556. The molecule has 0 aliphatic carbocycles. The Morgan fingerprint density at radius 3 is 2.17 bits per heavy atom. The average Bonchev–Trinajstić information content (AvgIpc) is 2.63. The third-order valence-electron chi connectivity index (χ3n) is 5.08. The SMILES string of the molecule is O=C(O)C1CCN(C(=O)NC2CCN(c3ccccc3)CC2)CC1. The van der Waals surface area contributed by atoms with Gasteiger partial charge < -0.3 is 20.2 Å². The summed E-state index contributed by atoms with van der Waals surface area (Å²) >= 11 is 0. The standard InChI is InChI=1S/C18H25N3O3/c22-17(23)14-6-10-21(11-7-14)18(24)19-15-8-12-20(13-9-15)16-4-2-1-3-5-16/h1-5,14-15H,6-13H2,(H,19,24)(H,22,23). The Bertz CT molecular complexity index is 562. The predicted octanol–water partition coefficient (Wildman–Crippen LogP) is 2.16. The molecule has 2 amide bonds. The zero-order valence-electron chi connectivity index (χ0n) is 13.9. The molecule has 3 rings (SSSR count). The summed E-state index contributed by atoms with van der Waals surface area (Å²) in [4.78, 5) is 27.4. The minimum Gasteiger partial charge on any atom is -0.481 e. The minimum absolute atomic E-state index is 0.0444. The summed E-state index contributed by atoms with van der Waals surface area (Å²) < 4.78 is 0. The first-order valence-corrected chi connectivity index (χ1v) is 8.72. The van der Waals surface area contributed by atoms with Gasteiger partial charge in [0.05, 0.1) is 5.92 Å². The molecule has 2 fully saturated rings. The molecule has 2 N–H and O–H groups in total. The Morgan fingerprint density at radius 1 is 0.958 bits per heavy atom. The third kappa shape index (κ3) is 3.99. The molecular weight excluding hydrogens is 306 g/mol. The molecular formula is C18H25N3O3. The first-order chi connectivity index (χ1) is 11.6. The molecule has 0 atom stereocenters. The molecule has 0 unspecified atom stereocenters. The van der Waals surface area contributed by atoms with Crippen LogP contribution in [0.1, 0.15) is 25.7 Å². The number of carbonyl (C=O) groups is 2. The Hall–Kier alpha value is -2.24. The van der Waals surface area contributed by atoms with Crippen LogP contribution >= 0.6 is 0 Å². The van der Waals surface area contributed by atoms with E-state index in [1.807, 2.05) is 18.2 Å². The van der Waals surface area contributed by atoms with Gasteiger partial charge in [-0.3, -0.25) is 4.79 Å². The summed E-state index contributed by atoms with van der Waals surface area (Å²) in [6.45, 7) is 2.95. The second-order valence-corrected chi connectivity index (χ2v) is 6.65. The van der Waals surface area contributed by atoms with E-state index in [0.717, 1.165) is 25.9 Å². The molecule has 6 heteroatoms. The van der Waals surface area contributed by atoms with Crippen LogP contribution < -0.4 is 10.2 Å². The predicted molar refractivity (Wildman–Crippen MR) is 92.1 cm³/mol. The summed E-state index contributed by atoms with van der Waals surface area (Å²) in [6, 6.07) is 10.5. The van der Waals surface area contributed by atoms with Crippen molar-refractivity contribution in [2.24, 2.45) is 5.92 Å². The van der Waals surface area contributed by atoms with Gasteiger partial charge in [0.25, 0.3) is 0 Å². The number of nitrogens with one attached hydrogen (secondary N) is 1. The molecule has 0 saturated carbocycles. The van der Waals surface area contributed by atoms with Crippen molar-refractivity contribution in [1.82, 2.24) is 10.2 Å². The summed E-state index contributed by atoms with van der Waals surface area (Å²) in [7, 11) is 0. The molecule has 2 saturated heterocycles. The van der Waals surface area contributed by atoms with Crippen molar-refractivity contribution < 1.29 is 14.7 Å². The number of carbonyl (C=O) groups excluding carboxylic acids is 1. The molecule has 1 aromatic carbocycles. The molecule has 0 aromatic heterocycles. The van der Waals surface area contributed by atoms with Crippen molar-refractivity contribution >= 4 is 17.7 Å². The largest absolute Gasteiger partial charge is 0.481 e. The maximum Gasteiger partial charge on any atom is 0.317 e. The quantitative estimate of drug-likeness (QED) is 0.890. The van der Waals surface area contributed by atoms with Crippen LogP contribution in [0.15, 0.2) is 30.3 Å². The lowest BCUT2D eigenvalue weighted by Gasteiger charge is -2.36. The van der Waals surface area contributed by atoms with E-state index >= 15 is 0 Å². The zero-order chi connectivity index (χ0) is 16.9. The molecule has 0 spiro atoms. The second kappa shape index (κ2) is 7.55. The van der Waals surface area contributed by atoms with Gasteiger partial charge in [-0.15, -0.1) is 0 Å². The van der Waals surface area contributed by atoms with Crippen molar-refractivity contribution in [2.75, 3.05) is 31.1 Å². The van der Waals surface area contributed by atoms with Crippen LogP contribution in [0.4, 0.5) is 10.5 Å². The third-order valence-corrected chi connectivity index (χ3v) is 5.08. The normalized spacial score (nSPS) is 20.0. The topological polar surface area (TPSA) is 72.9 Å². The van der Waals surface area contributed by atoms with E-state index in [0.29, 0.717) is 25.9 Å². The van der Waals surface area contributed by atoms with Crippen LogP contribution in [0.3, 0.4) is 0 Å². The maximum absolute atomic E-state index is 12.3. The highest BCUT2D eigenvalue weighted by molar-refractivity contribution is 5.75. The Kier molecular flexibility index (Phi) is 5.23. The van der Waals surface area contributed by atoms with Gasteiger partial charge in [0.1, 0.15) is 0 Å². The summed E-state index contributed by atoms with van der Waals surface area (Å²) in [6.07, 6.45) is 2.98. The van der Waals surface area contributed by atoms with Crippen LogP contribution in [-0.4, -0.2) is 54.2 Å². The second-order valence-electron chi connectivity index (χ2n) is 6.65. The molecule has 2 heterocycles. The molecule has 0 bridgehead atoms. The van der Waals surface area contributed by atoms with Crippen LogP contribution in [0, 0.1) is 5.92 Å². The van der Waals surface area contributed by atoms with Crippen LogP contribution in [-0.2, 0) is 4.79 Å². The van der Waals surface area contributed by atoms with Crippen molar-refractivity contribution in [3.05, 3.63) is 30.3 Å². The lowest BCUT2D eigenvalue weighted by atomic mass is 9.97. The van der Waals surface area contributed by atoms with Gasteiger partial charge in [-0.05, 0) is 37.8 Å².